The van der Waals surface area contributed by atoms with Gasteiger partial charge in [-0.2, -0.15) is 0 Å². The van der Waals surface area contributed by atoms with Gasteiger partial charge in [0.05, 0.1) is 18.3 Å². The lowest BCUT2D eigenvalue weighted by atomic mass is 10.0. The standard InChI is InChI=1S/C22H23N3O2S/c1-3-25-21(20(24-22(25)28)17-7-5-6-14-23-17)19-13-12-18(27-19)15-8-10-16(11-9-15)26-4-2/h5-14,20-21H,3-4H2,1-2H3,(H,24,28)/t20-,21-/m1/s1. The van der Waals surface area contributed by atoms with E-state index in [2.05, 4.69) is 22.1 Å². The Balaban J connectivity index is 1.65. The van der Waals surface area contributed by atoms with Crippen LogP contribution in [-0.2, 0) is 0 Å². The van der Waals surface area contributed by atoms with E-state index in [9.17, 15) is 0 Å². The fourth-order valence-electron chi connectivity index (χ4n) is 3.60. The van der Waals surface area contributed by atoms with E-state index in [4.69, 9.17) is 21.4 Å². The molecule has 144 valence electrons. The predicted molar refractivity (Wildman–Crippen MR) is 113 cm³/mol. The van der Waals surface area contributed by atoms with Gasteiger partial charge in [0, 0.05) is 18.3 Å². The van der Waals surface area contributed by atoms with Crippen molar-refractivity contribution in [2.45, 2.75) is 25.9 Å². The van der Waals surface area contributed by atoms with Crippen molar-refractivity contribution >= 4 is 17.3 Å². The third-order valence-electron chi connectivity index (χ3n) is 4.91. The zero-order valence-corrected chi connectivity index (χ0v) is 16.8. The minimum absolute atomic E-state index is 0.0381. The molecule has 6 heteroatoms. The highest BCUT2D eigenvalue weighted by Gasteiger charge is 2.40. The number of rotatable bonds is 6. The lowest BCUT2D eigenvalue weighted by molar-refractivity contribution is 0.284. The highest BCUT2D eigenvalue weighted by molar-refractivity contribution is 7.80. The van der Waals surface area contributed by atoms with Gasteiger partial charge < -0.3 is 19.4 Å². The second-order valence-electron chi connectivity index (χ2n) is 6.57. The number of benzene rings is 1. The first-order valence-corrected chi connectivity index (χ1v) is 9.93. The van der Waals surface area contributed by atoms with Crippen molar-refractivity contribution in [2.75, 3.05) is 13.2 Å². The number of ether oxygens (including phenoxy) is 1. The fraction of sp³-hybridized carbons (Fsp3) is 0.273. The van der Waals surface area contributed by atoms with Gasteiger partial charge in [0.15, 0.2) is 5.11 Å². The molecule has 0 aliphatic carbocycles. The van der Waals surface area contributed by atoms with E-state index in [1.807, 2.05) is 61.5 Å². The summed E-state index contributed by atoms with van der Waals surface area (Å²) in [5.41, 5.74) is 1.96. The maximum Gasteiger partial charge on any atom is 0.170 e. The SMILES string of the molecule is CCOc1ccc(-c2ccc([C@@H]3[C@@H](c4ccccn4)NC(=S)N3CC)o2)cc1. The number of thiocarbonyl (C=S) groups is 1. The molecular weight excluding hydrogens is 370 g/mol. The van der Waals surface area contributed by atoms with Crippen molar-refractivity contribution in [1.29, 1.82) is 0 Å². The lowest BCUT2D eigenvalue weighted by Crippen LogP contribution is -2.29. The summed E-state index contributed by atoms with van der Waals surface area (Å²) in [6, 6.07) is 17.8. The number of nitrogens with one attached hydrogen (secondary N) is 1. The maximum absolute atomic E-state index is 6.28. The zero-order valence-electron chi connectivity index (χ0n) is 16.0. The van der Waals surface area contributed by atoms with E-state index in [1.165, 1.54) is 0 Å². The molecule has 0 radical (unpaired) electrons. The predicted octanol–water partition coefficient (Wildman–Crippen LogP) is 4.73. The Morgan fingerprint density at radius 2 is 1.93 bits per heavy atom. The molecular formula is C22H23N3O2S. The van der Waals surface area contributed by atoms with Gasteiger partial charge in [-0.25, -0.2) is 0 Å². The Hall–Kier alpha value is -2.86. The smallest absolute Gasteiger partial charge is 0.170 e. The molecule has 0 saturated carbocycles. The van der Waals surface area contributed by atoms with E-state index in [0.717, 1.165) is 40.2 Å². The molecule has 0 amide bonds. The van der Waals surface area contributed by atoms with Crippen molar-refractivity contribution in [2.24, 2.45) is 0 Å². The van der Waals surface area contributed by atoms with Crippen LogP contribution in [0, 0.1) is 0 Å². The highest BCUT2D eigenvalue weighted by Crippen LogP contribution is 2.40. The molecule has 4 rings (SSSR count). The summed E-state index contributed by atoms with van der Waals surface area (Å²) < 4.78 is 11.8. The number of likely N-dealkylation sites (N-methyl/N-ethyl adjacent to an activating group) is 1. The van der Waals surface area contributed by atoms with Gasteiger partial charge in [0.2, 0.25) is 0 Å². The van der Waals surface area contributed by atoms with Crippen LogP contribution in [0.5, 0.6) is 5.75 Å². The normalized spacial score (nSPS) is 18.9. The first-order valence-electron chi connectivity index (χ1n) is 9.52. The Morgan fingerprint density at radius 1 is 1.11 bits per heavy atom. The Labute approximate surface area is 170 Å². The summed E-state index contributed by atoms with van der Waals surface area (Å²) in [6.07, 6.45) is 1.80. The Bertz CT molecular complexity index is 940. The van der Waals surface area contributed by atoms with E-state index in [-0.39, 0.29) is 12.1 Å². The lowest BCUT2D eigenvalue weighted by Gasteiger charge is -2.24. The molecule has 1 aliphatic rings. The summed E-state index contributed by atoms with van der Waals surface area (Å²) in [5, 5.41) is 4.13. The Morgan fingerprint density at radius 3 is 2.61 bits per heavy atom. The molecule has 1 saturated heterocycles. The summed E-state index contributed by atoms with van der Waals surface area (Å²) in [6.45, 7) is 5.52. The number of pyridine rings is 1. The van der Waals surface area contributed by atoms with E-state index < -0.39 is 0 Å². The number of aromatic nitrogens is 1. The van der Waals surface area contributed by atoms with Crippen LogP contribution in [0.25, 0.3) is 11.3 Å². The van der Waals surface area contributed by atoms with Crippen LogP contribution in [0.3, 0.4) is 0 Å². The van der Waals surface area contributed by atoms with Crippen molar-refractivity contribution < 1.29 is 9.15 Å². The summed E-state index contributed by atoms with van der Waals surface area (Å²) in [4.78, 5) is 6.68. The van der Waals surface area contributed by atoms with Gasteiger partial charge in [-0.1, -0.05) is 6.07 Å². The molecule has 2 aromatic heterocycles. The van der Waals surface area contributed by atoms with Crippen LogP contribution < -0.4 is 10.1 Å². The van der Waals surface area contributed by atoms with Crippen LogP contribution >= 0.6 is 12.2 Å². The van der Waals surface area contributed by atoms with Crippen LogP contribution in [0.1, 0.15) is 37.4 Å². The summed E-state index contributed by atoms with van der Waals surface area (Å²) >= 11 is 5.56. The van der Waals surface area contributed by atoms with E-state index in [0.29, 0.717) is 6.61 Å². The second-order valence-corrected chi connectivity index (χ2v) is 6.96. The average molecular weight is 394 g/mol. The van der Waals surface area contributed by atoms with Crippen molar-refractivity contribution in [1.82, 2.24) is 15.2 Å². The van der Waals surface area contributed by atoms with Crippen molar-refractivity contribution in [3.8, 4) is 17.1 Å². The van der Waals surface area contributed by atoms with Crippen LogP contribution in [-0.4, -0.2) is 28.1 Å². The molecule has 1 fully saturated rings. The molecule has 5 nitrogen and oxygen atoms in total. The number of hydrogen-bond donors (Lipinski definition) is 1. The quantitative estimate of drug-likeness (QED) is 0.611. The van der Waals surface area contributed by atoms with Gasteiger partial charge in [0.1, 0.15) is 23.3 Å². The second kappa shape index (κ2) is 8.02. The molecule has 1 aliphatic heterocycles. The molecule has 3 aromatic rings. The van der Waals surface area contributed by atoms with Crippen molar-refractivity contribution in [3.05, 3.63) is 72.2 Å². The van der Waals surface area contributed by atoms with Crippen LogP contribution in [0.15, 0.2) is 65.2 Å². The third kappa shape index (κ3) is 3.47. The van der Waals surface area contributed by atoms with Gasteiger partial charge in [-0.05, 0) is 74.6 Å². The first kappa shape index (κ1) is 18.5. The molecule has 3 heterocycles. The van der Waals surface area contributed by atoms with E-state index >= 15 is 0 Å². The summed E-state index contributed by atoms with van der Waals surface area (Å²) in [5.74, 6) is 2.55. The van der Waals surface area contributed by atoms with E-state index in [1.54, 1.807) is 6.20 Å². The number of hydrogen-bond acceptors (Lipinski definition) is 4. The van der Waals surface area contributed by atoms with Crippen molar-refractivity contribution in [3.63, 3.8) is 0 Å². The van der Waals surface area contributed by atoms with Gasteiger partial charge in [0.25, 0.3) is 0 Å². The highest BCUT2D eigenvalue weighted by atomic mass is 32.1. The maximum atomic E-state index is 6.28. The van der Waals surface area contributed by atoms with Crippen LogP contribution in [0.4, 0.5) is 0 Å². The molecule has 0 bridgehead atoms. The molecule has 28 heavy (non-hydrogen) atoms. The average Bonchev–Trinajstić information content (AvgIpc) is 3.33. The molecule has 2 atom stereocenters. The fourth-order valence-corrected chi connectivity index (χ4v) is 3.97. The molecule has 0 spiro atoms. The molecule has 1 N–H and O–H groups in total. The number of nitrogens with zero attached hydrogens (tertiary/aromatic N) is 2. The molecule has 1 aromatic carbocycles. The summed E-state index contributed by atoms with van der Waals surface area (Å²) in [7, 11) is 0. The van der Waals surface area contributed by atoms with Crippen LogP contribution in [0.2, 0.25) is 0 Å². The van der Waals surface area contributed by atoms with Gasteiger partial charge >= 0.3 is 0 Å². The number of furan rings is 1. The first-order chi connectivity index (χ1) is 13.7. The zero-order chi connectivity index (χ0) is 19.5. The topological polar surface area (TPSA) is 50.5 Å². The Kier molecular flexibility index (Phi) is 5.30. The largest absolute Gasteiger partial charge is 0.494 e. The van der Waals surface area contributed by atoms with Gasteiger partial charge in [-0.15, -0.1) is 0 Å². The monoisotopic (exact) mass is 393 g/mol. The third-order valence-corrected chi connectivity index (χ3v) is 5.26. The van der Waals surface area contributed by atoms with Gasteiger partial charge in [-0.3, -0.25) is 4.98 Å². The molecule has 0 unspecified atom stereocenters. The minimum atomic E-state index is -0.0482. The minimum Gasteiger partial charge on any atom is -0.494 e.